The number of rotatable bonds is 5. The number of ether oxygens (including phenoxy) is 2. The van der Waals surface area contributed by atoms with Crippen LogP contribution in [0.2, 0.25) is 0 Å². The molecule has 8 heteroatoms. The normalized spacial score (nSPS) is 23.2. The summed E-state index contributed by atoms with van der Waals surface area (Å²) in [5, 5.41) is -4.36. The fourth-order valence-corrected chi connectivity index (χ4v) is 0.773. The first-order valence-electron chi connectivity index (χ1n) is 3.35. The van der Waals surface area contributed by atoms with Gasteiger partial charge >= 0.3 is 5.25 Å². The second-order valence-electron chi connectivity index (χ2n) is 2.56. The Morgan fingerprint density at radius 1 is 1.62 bits per heavy atom. The van der Waals surface area contributed by atoms with Gasteiger partial charge in [-0.1, -0.05) is 0 Å². The third-order valence-electron chi connectivity index (χ3n) is 1.34. The second-order valence-corrected chi connectivity index (χ2v) is 4.07. The molecule has 0 spiro atoms. The minimum Gasteiger partial charge on any atom is -0.743 e. The van der Waals surface area contributed by atoms with Crippen LogP contribution in [-0.2, 0) is 19.6 Å². The van der Waals surface area contributed by atoms with E-state index in [0.717, 1.165) is 0 Å². The summed E-state index contributed by atoms with van der Waals surface area (Å²) in [5.74, 6) is 0. The minimum atomic E-state index is -5.63. The van der Waals surface area contributed by atoms with Crippen molar-refractivity contribution in [2.75, 3.05) is 19.8 Å². The van der Waals surface area contributed by atoms with E-state index in [9.17, 15) is 21.8 Å². The summed E-state index contributed by atoms with van der Waals surface area (Å²) in [7, 11) is -5.63. The Morgan fingerprint density at radius 3 is 2.54 bits per heavy atom. The summed E-state index contributed by atoms with van der Waals surface area (Å²) in [4.78, 5) is 0. The molecule has 0 saturated carbocycles. The van der Waals surface area contributed by atoms with Crippen molar-refractivity contribution < 1.29 is 31.2 Å². The van der Waals surface area contributed by atoms with Crippen molar-refractivity contribution in [3.05, 3.63) is 0 Å². The van der Waals surface area contributed by atoms with Crippen LogP contribution in [-0.4, -0.2) is 44.1 Å². The topological polar surface area (TPSA) is 79.0 Å². The van der Waals surface area contributed by atoms with Crippen LogP contribution in [0.3, 0.4) is 0 Å². The summed E-state index contributed by atoms with van der Waals surface area (Å²) in [6.07, 6.45) is -0.245. The Balaban J connectivity index is 2.32. The molecular weight excluding hydrogens is 210 g/mol. The Labute approximate surface area is 73.4 Å². The molecule has 0 radical (unpaired) electrons. The molecule has 0 aliphatic carbocycles. The molecule has 1 saturated heterocycles. The lowest BCUT2D eigenvalue weighted by atomic mass is 10.5. The number of hydrogen-bond acceptors (Lipinski definition) is 5. The highest BCUT2D eigenvalue weighted by molar-refractivity contribution is 7.86. The van der Waals surface area contributed by atoms with Crippen molar-refractivity contribution in [3.8, 4) is 0 Å². The summed E-state index contributed by atoms with van der Waals surface area (Å²) >= 11 is 0. The lowest BCUT2D eigenvalue weighted by Crippen LogP contribution is -2.34. The van der Waals surface area contributed by atoms with Gasteiger partial charge in [-0.3, -0.25) is 0 Å². The zero-order valence-corrected chi connectivity index (χ0v) is 7.22. The van der Waals surface area contributed by atoms with Crippen molar-refractivity contribution in [1.29, 1.82) is 0 Å². The Bertz CT molecular complexity index is 271. The van der Waals surface area contributed by atoms with Gasteiger partial charge < -0.3 is 14.0 Å². The minimum absolute atomic E-state index is 0.120. The first-order valence-corrected chi connectivity index (χ1v) is 4.76. The predicted octanol–water partition coefficient (Wildman–Crippen LogP) is -0.460. The van der Waals surface area contributed by atoms with Gasteiger partial charge in [0.05, 0.1) is 13.2 Å². The molecule has 1 atom stereocenters. The van der Waals surface area contributed by atoms with Crippen LogP contribution in [0.25, 0.3) is 0 Å². The Hall–Kier alpha value is -0.310. The van der Waals surface area contributed by atoms with E-state index in [1.807, 2.05) is 0 Å². The lowest BCUT2D eigenvalue weighted by molar-refractivity contribution is -0.0243. The second kappa shape index (κ2) is 3.45. The van der Waals surface area contributed by atoms with Crippen LogP contribution in [0.1, 0.15) is 0 Å². The number of hydrogen-bond donors (Lipinski definition) is 0. The van der Waals surface area contributed by atoms with E-state index in [4.69, 9.17) is 0 Å². The van der Waals surface area contributed by atoms with Gasteiger partial charge in [0.2, 0.25) is 0 Å². The number of alkyl halides is 2. The van der Waals surface area contributed by atoms with E-state index in [2.05, 4.69) is 9.47 Å². The summed E-state index contributed by atoms with van der Waals surface area (Å²) in [6, 6.07) is 0. The van der Waals surface area contributed by atoms with Crippen molar-refractivity contribution >= 4 is 10.1 Å². The van der Waals surface area contributed by atoms with Crippen LogP contribution in [0.4, 0.5) is 8.78 Å². The summed E-state index contributed by atoms with van der Waals surface area (Å²) in [6.45, 7) is -1.13. The van der Waals surface area contributed by atoms with Crippen molar-refractivity contribution in [2.24, 2.45) is 0 Å². The standard InChI is InChI=1S/C5H8F2O5S/c6-5(7,13(8,9)10)3-11-1-4-2-12-4/h4H,1-3H2,(H,8,9,10)/p-1. The quantitative estimate of drug-likeness (QED) is 0.460. The summed E-state index contributed by atoms with van der Waals surface area (Å²) in [5.41, 5.74) is 0. The van der Waals surface area contributed by atoms with Crippen LogP contribution in [0.15, 0.2) is 0 Å². The molecule has 0 aromatic heterocycles. The molecule has 0 N–H and O–H groups in total. The molecule has 1 rings (SSSR count). The van der Waals surface area contributed by atoms with Gasteiger partial charge in [-0.05, 0) is 0 Å². The summed E-state index contributed by atoms with van der Waals surface area (Å²) < 4.78 is 63.4. The van der Waals surface area contributed by atoms with E-state index >= 15 is 0 Å². The lowest BCUT2D eigenvalue weighted by Gasteiger charge is -2.19. The van der Waals surface area contributed by atoms with E-state index < -0.39 is 22.0 Å². The highest BCUT2D eigenvalue weighted by atomic mass is 32.2. The molecular formula is C5H7F2O5S-. The molecule has 1 unspecified atom stereocenters. The van der Waals surface area contributed by atoms with Gasteiger partial charge in [-0.25, -0.2) is 8.42 Å². The van der Waals surface area contributed by atoms with E-state index in [1.54, 1.807) is 0 Å². The van der Waals surface area contributed by atoms with E-state index in [1.165, 1.54) is 0 Å². The molecule has 78 valence electrons. The zero-order chi connectivity index (χ0) is 10.1. The van der Waals surface area contributed by atoms with Gasteiger partial charge in [-0.2, -0.15) is 8.78 Å². The maximum atomic E-state index is 12.3. The van der Waals surface area contributed by atoms with Crippen LogP contribution < -0.4 is 0 Å². The molecule has 5 nitrogen and oxygen atoms in total. The smallest absolute Gasteiger partial charge is 0.357 e. The molecule has 13 heavy (non-hydrogen) atoms. The highest BCUT2D eigenvalue weighted by Crippen LogP contribution is 2.21. The average molecular weight is 217 g/mol. The first kappa shape index (κ1) is 10.8. The molecule has 1 fully saturated rings. The number of halogens is 2. The molecule has 0 aromatic carbocycles. The van der Waals surface area contributed by atoms with Gasteiger partial charge in [0.15, 0.2) is 10.1 Å². The molecule has 1 aliphatic rings. The van der Waals surface area contributed by atoms with Gasteiger partial charge in [0, 0.05) is 0 Å². The highest BCUT2D eigenvalue weighted by Gasteiger charge is 2.38. The number of epoxide rings is 1. The largest absolute Gasteiger partial charge is 0.743 e. The Morgan fingerprint density at radius 2 is 2.15 bits per heavy atom. The van der Waals surface area contributed by atoms with E-state index in [0.29, 0.717) is 6.61 Å². The molecule has 0 bridgehead atoms. The SMILES string of the molecule is O=S(=O)([O-])C(F)(F)COCC1CO1. The molecule has 1 heterocycles. The predicted molar refractivity (Wildman–Crippen MR) is 35.2 cm³/mol. The fraction of sp³-hybridized carbons (Fsp3) is 1.00. The maximum Gasteiger partial charge on any atom is 0.357 e. The third kappa shape index (κ3) is 3.14. The van der Waals surface area contributed by atoms with Gasteiger partial charge in [-0.15, -0.1) is 0 Å². The van der Waals surface area contributed by atoms with Crippen LogP contribution >= 0.6 is 0 Å². The molecule has 1 aliphatic heterocycles. The van der Waals surface area contributed by atoms with Gasteiger partial charge in [0.1, 0.15) is 12.7 Å². The zero-order valence-electron chi connectivity index (χ0n) is 6.40. The monoisotopic (exact) mass is 217 g/mol. The molecule has 0 aromatic rings. The third-order valence-corrected chi connectivity index (χ3v) is 2.19. The first-order chi connectivity index (χ1) is 5.83. The Kier molecular flexibility index (Phi) is 2.85. The van der Waals surface area contributed by atoms with Crippen LogP contribution in [0.5, 0.6) is 0 Å². The average Bonchev–Trinajstić information content (AvgIpc) is 2.68. The van der Waals surface area contributed by atoms with Crippen molar-refractivity contribution in [2.45, 2.75) is 11.4 Å². The van der Waals surface area contributed by atoms with Crippen molar-refractivity contribution in [3.63, 3.8) is 0 Å². The van der Waals surface area contributed by atoms with Gasteiger partial charge in [0.25, 0.3) is 0 Å². The van der Waals surface area contributed by atoms with Crippen LogP contribution in [0, 0.1) is 0 Å². The van der Waals surface area contributed by atoms with Crippen molar-refractivity contribution in [1.82, 2.24) is 0 Å². The fourth-order valence-electron chi connectivity index (χ4n) is 0.546. The maximum absolute atomic E-state index is 12.3. The molecule has 0 amide bonds. The van der Waals surface area contributed by atoms with E-state index in [-0.39, 0.29) is 12.7 Å².